The quantitative estimate of drug-likeness (QED) is 0.402. The molecule has 0 unspecified atom stereocenters. The Morgan fingerprint density at radius 1 is 1.16 bits per heavy atom. The van der Waals surface area contributed by atoms with Crippen LogP contribution < -0.4 is 25.3 Å². The van der Waals surface area contributed by atoms with E-state index in [1.165, 1.54) is 0 Å². The second kappa shape index (κ2) is 9.64. The number of thiocarbonyl (C=S) groups is 1. The van der Waals surface area contributed by atoms with E-state index in [0.29, 0.717) is 23.4 Å². The molecule has 2 aromatic rings. The van der Waals surface area contributed by atoms with Crippen LogP contribution in [0, 0.1) is 5.92 Å². The molecular weight excluding hydrogens is 334 g/mol. The van der Waals surface area contributed by atoms with Crippen molar-refractivity contribution in [2.75, 3.05) is 19.0 Å². The van der Waals surface area contributed by atoms with Crippen LogP contribution in [0.2, 0.25) is 0 Å². The SMILES string of the molecule is COc1cc(C=[NH+]NC(=S)Nc2ccccc2)ccc1OCC(C)C. The predicted molar refractivity (Wildman–Crippen MR) is 105 cm³/mol. The van der Waals surface area contributed by atoms with Gasteiger partial charge in [-0.05, 0) is 48.5 Å². The Labute approximate surface area is 154 Å². The number of nitrogens with one attached hydrogen (secondary N) is 3. The molecule has 5 nitrogen and oxygen atoms in total. The fourth-order valence-electron chi connectivity index (χ4n) is 2.02. The highest BCUT2D eigenvalue weighted by molar-refractivity contribution is 7.80. The van der Waals surface area contributed by atoms with Gasteiger partial charge in [-0.2, -0.15) is 0 Å². The van der Waals surface area contributed by atoms with E-state index in [2.05, 4.69) is 29.7 Å². The molecule has 0 spiro atoms. The number of para-hydroxylation sites is 1. The maximum Gasteiger partial charge on any atom is 0.228 e. The normalized spacial score (nSPS) is 10.7. The highest BCUT2D eigenvalue weighted by Crippen LogP contribution is 2.27. The molecule has 0 atom stereocenters. The van der Waals surface area contributed by atoms with Gasteiger partial charge in [-0.1, -0.05) is 32.0 Å². The number of benzene rings is 2. The van der Waals surface area contributed by atoms with Crippen LogP contribution in [0.25, 0.3) is 0 Å². The number of anilines is 1. The van der Waals surface area contributed by atoms with E-state index in [-0.39, 0.29) is 0 Å². The van der Waals surface area contributed by atoms with Crippen LogP contribution >= 0.6 is 12.2 Å². The van der Waals surface area contributed by atoms with Crippen molar-refractivity contribution in [1.29, 1.82) is 0 Å². The Kier molecular flexibility index (Phi) is 7.22. The van der Waals surface area contributed by atoms with Crippen molar-refractivity contribution in [3.63, 3.8) is 0 Å². The van der Waals surface area contributed by atoms with Gasteiger partial charge in [-0.3, -0.25) is 0 Å². The fraction of sp³-hybridized carbons (Fsp3) is 0.263. The van der Waals surface area contributed by atoms with Crippen LogP contribution in [0.5, 0.6) is 11.5 Å². The van der Waals surface area contributed by atoms with E-state index >= 15 is 0 Å². The van der Waals surface area contributed by atoms with Gasteiger partial charge in [0.2, 0.25) is 5.11 Å². The lowest BCUT2D eigenvalue weighted by molar-refractivity contribution is -0.499. The molecule has 0 aromatic heterocycles. The van der Waals surface area contributed by atoms with E-state index in [4.69, 9.17) is 21.7 Å². The summed E-state index contributed by atoms with van der Waals surface area (Å²) in [6.45, 7) is 4.87. The van der Waals surface area contributed by atoms with Crippen LogP contribution in [0.4, 0.5) is 5.69 Å². The summed E-state index contributed by atoms with van der Waals surface area (Å²) < 4.78 is 11.1. The van der Waals surface area contributed by atoms with E-state index < -0.39 is 0 Å². The summed E-state index contributed by atoms with van der Waals surface area (Å²) in [5.41, 5.74) is 4.77. The average molecular weight is 358 g/mol. The summed E-state index contributed by atoms with van der Waals surface area (Å²) in [6.07, 6.45) is 1.80. The first-order valence-electron chi connectivity index (χ1n) is 8.10. The number of methoxy groups -OCH3 is 1. The lowest BCUT2D eigenvalue weighted by Crippen LogP contribution is -2.82. The van der Waals surface area contributed by atoms with E-state index in [1.807, 2.05) is 48.5 Å². The Morgan fingerprint density at radius 2 is 1.92 bits per heavy atom. The van der Waals surface area contributed by atoms with E-state index in [0.717, 1.165) is 17.0 Å². The summed E-state index contributed by atoms with van der Waals surface area (Å²) in [5, 5.41) is 6.53. The maximum atomic E-state index is 5.75. The smallest absolute Gasteiger partial charge is 0.228 e. The molecule has 0 bridgehead atoms. The first kappa shape index (κ1) is 18.7. The molecule has 0 saturated carbocycles. The molecule has 2 aromatic carbocycles. The first-order chi connectivity index (χ1) is 12.1. The molecule has 25 heavy (non-hydrogen) atoms. The molecule has 0 fully saturated rings. The van der Waals surface area contributed by atoms with Crippen LogP contribution in [0.15, 0.2) is 48.5 Å². The molecule has 0 aliphatic carbocycles. The Hall–Kier alpha value is -2.60. The number of hydrazine groups is 1. The summed E-state index contributed by atoms with van der Waals surface area (Å²) in [6, 6.07) is 15.5. The second-order valence-electron chi connectivity index (χ2n) is 5.85. The molecular formula is C19H24N3O2S+. The highest BCUT2D eigenvalue weighted by atomic mass is 32.1. The van der Waals surface area contributed by atoms with Crippen molar-refractivity contribution in [2.45, 2.75) is 13.8 Å². The molecule has 0 aliphatic rings. The van der Waals surface area contributed by atoms with Crippen LogP contribution in [-0.2, 0) is 0 Å². The van der Waals surface area contributed by atoms with Crippen molar-refractivity contribution >= 4 is 29.2 Å². The van der Waals surface area contributed by atoms with Crippen LogP contribution in [0.1, 0.15) is 19.4 Å². The molecule has 0 amide bonds. The molecule has 132 valence electrons. The Morgan fingerprint density at radius 3 is 2.60 bits per heavy atom. The molecule has 0 saturated heterocycles. The summed E-state index contributed by atoms with van der Waals surface area (Å²) in [5.74, 6) is 1.89. The number of hydrogen-bond acceptors (Lipinski definition) is 3. The van der Waals surface area contributed by atoms with Crippen molar-refractivity contribution in [2.24, 2.45) is 5.92 Å². The molecule has 0 heterocycles. The van der Waals surface area contributed by atoms with Gasteiger partial charge >= 0.3 is 0 Å². The molecule has 6 heteroatoms. The minimum atomic E-state index is 0.458. The van der Waals surface area contributed by atoms with Crippen LogP contribution in [-0.4, -0.2) is 25.0 Å². The zero-order valence-corrected chi connectivity index (χ0v) is 15.5. The van der Waals surface area contributed by atoms with E-state index in [1.54, 1.807) is 13.3 Å². The third-order valence-electron chi connectivity index (χ3n) is 3.22. The summed E-state index contributed by atoms with van der Waals surface area (Å²) >= 11 is 5.23. The number of rotatable bonds is 7. The zero-order valence-electron chi connectivity index (χ0n) is 14.7. The van der Waals surface area contributed by atoms with Crippen molar-refractivity contribution < 1.29 is 14.6 Å². The minimum Gasteiger partial charge on any atom is -0.493 e. The standard InChI is InChI=1S/C19H23N3O2S/c1-14(2)13-24-17-10-9-15(11-18(17)23-3)12-20-22-19(25)21-16-7-5-4-6-8-16/h4-12,14H,13H2,1-3H3,(H2,21,22,25)/p+1. The van der Waals surface area contributed by atoms with Crippen molar-refractivity contribution in [3.05, 3.63) is 54.1 Å². The number of ether oxygens (including phenoxy) is 2. The highest BCUT2D eigenvalue weighted by Gasteiger charge is 2.07. The van der Waals surface area contributed by atoms with Gasteiger partial charge in [-0.25, -0.2) is 0 Å². The number of hydrogen-bond donors (Lipinski definition) is 3. The van der Waals surface area contributed by atoms with Gasteiger partial charge < -0.3 is 14.8 Å². The number of hydrazone groups is 1. The molecule has 2 rings (SSSR count). The van der Waals surface area contributed by atoms with Crippen molar-refractivity contribution in [3.8, 4) is 11.5 Å². The lowest BCUT2D eigenvalue weighted by Gasteiger charge is -2.12. The lowest BCUT2D eigenvalue weighted by atomic mass is 10.2. The Bertz CT molecular complexity index is 718. The summed E-state index contributed by atoms with van der Waals surface area (Å²) in [7, 11) is 1.63. The molecule has 0 radical (unpaired) electrons. The average Bonchev–Trinajstić information content (AvgIpc) is 2.61. The van der Waals surface area contributed by atoms with Gasteiger partial charge in [-0.15, -0.1) is 10.5 Å². The molecule has 0 aliphatic heterocycles. The summed E-state index contributed by atoms with van der Waals surface area (Å²) in [4.78, 5) is 0. The van der Waals surface area contributed by atoms with Gasteiger partial charge in [0, 0.05) is 11.3 Å². The monoisotopic (exact) mass is 358 g/mol. The molecule has 3 N–H and O–H groups in total. The predicted octanol–water partition coefficient (Wildman–Crippen LogP) is 2.13. The van der Waals surface area contributed by atoms with E-state index in [9.17, 15) is 0 Å². The zero-order chi connectivity index (χ0) is 18.1. The van der Waals surface area contributed by atoms with Gasteiger partial charge in [0.25, 0.3) is 0 Å². The van der Waals surface area contributed by atoms with Gasteiger partial charge in [0.1, 0.15) is 0 Å². The fourth-order valence-corrected chi connectivity index (χ4v) is 2.20. The van der Waals surface area contributed by atoms with Gasteiger partial charge in [0.15, 0.2) is 17.7 Å². The largest absolute Gasteiger partial charge is 0.493 e. The van der Waals surface area contributed by atoms with Crippen LogP contribution in [0.3, 0.4) is 0 Å². The maximum absolute atomic E-state index is 5.75. The third-order valence-corrected chi connectivity index (χ3v) is 3.42. The van der Waals surface area contributed by atoms with Crippen molar-refractivity contribution in [1.82, 2.24) is 5.43 Å². The van der Waals surface area contributed by atoms with Gasteiger partial charge in [0.05, 0.1) is 13.7 Å². The minimum absolute atomic E-state index is 0.458. The second-order valence-corrected chi connectivity index (χ2v) is 6.26. The third kappa shape index (κ3) is 6.43. The Balaban J connectivity index is 1.92. The first-order valence-corrected chi connectivity index (χ1v) is 8.51. The topological polar surface area (TPSA) is 56.5 Å².